The van der Waals surface area contributed by atoms with Crippen molar-refractivity contribution in [2.24, 2.45) is 10.9 Å². The molecule has 0 radical (unpaired) electrons. The fraction of sp³-hybridized carbons (Fsp3) is 0.550. The summed E-state index contributed by atoms with van der Waals surface area (Å²) in [5.74, 6) is 1.92. The fourth-order valence-electron chi connectivity index (χ4n) is 3.19. The molecule has 1 heterocycles. The van der Waals surface area contributed by atoms with Gasteiger partial charge in [-0.05, 0) is 38.7 Å². The molecule has 8 heteroatoms. The number of nitrogens with zero attached hydrogens (tertiary/aromatic N) is 1. The van der Waals surface area contributed by atoms with Crippen LogP contribution in [0.5, 0.6) is 0 Å². The van der Waals surface area contributed by atoms with Crippen LogP contribution in [0.4, 0.5) is 0 Å². The Balaban J connectivity index is 1.54. The molecule has 0 spiro atoms. The highest BCUT2D eigenvalue weighted by atomic mass is 32.2. The number of furan rings is 1. The molecule has 28 heavy (non-hydrogen) atoms. The van der Waals surface area contributed by atoms with E-state index in [1.807, 2.05) is 38.1 Å². The van der Waals surface area contributed by atoms with Crippen LogP contribution < -0.4 is 15.4 Å². The number of hydrogen-bond acceptors (Lipinski definition) is 4. The first kappa shape index (κ1) is 20.7. The summed E-state index contributed by atoms with van der Waals surface area (Å²) in [4.78, 5) is 4.54. The zero-order chi connectivity index (χ0) is 20.0. The van der Waals surface area contributed by atoms with Gasteiger partial charge in [-0.25, -0.2) is 18.1 Å². The summed E-state index contributed by atoms with van der Waals surface area (Å²) in [6, 6.07) is 7.92. The first-order chi connectivity index (χ1) is 13.5. The minimum atomic E-state index is -3.27. The molecule has 0 aliphatic heterocycles. The van der Waals surface area contributed by atoms with Crippen LogP contribution in [-0.4, -0.2) is 39.8 Å². The van der Waals surface area contributed by atoms with E-state index in [0.717, 1.165) is 35.1 Å². The highest BCUT2D eigenvalue weighted by Crippen LogP contribution is 2.26. The minimum Gasteiger partial charge on any atom is -0.459 e. The van der Waals surface area contributed by atoms with Crippen molar-refractivity contribution in [2.75, 3.05) is 25.4 Å². The Morgan fingerprint density at radius 1 is 1.25 bits per heavy atom. The summed E-state index contributed by atoms with van der Waals surface area (Å²) in [5, 5.41) is 7.33. The van der Waals surface area contributed by atoms with E-state index in [1.165, 1.54) is 6.42 Å². The van der Waals surface area contributed by atoms with Crippen LogP contribution in [0.1, 0.15) is 37.5 Å². The van der Waals surface area contributed by atoms with E-state index in [2.05, 4.69) is 20.3 Å². The van der Waals surface area contributed by atoms with E-state index in [9.17, 15) is 8.42 Å². The lowest BCUT2D eigenvalue weighted by atomic mass is 9.86. The van der Waals surface area contributed by atoms with Crippen molar-refractivity contribution in [2.45, 2.75) is 39.7 Å². The molecule has 1 saturated carbocycles. The molecule has 0 amide bonds. The standard InChI is InChI=1S/C20H30N4O3S/c1-3-21-20(22-11-12-28(25,26)24-13-16-7-6-8-16)23-14-19-15(2)17-9-4-5-10-18(17)27-19/h4-5,9-10,16,24H,3,6-8,11-14H2,1-2H3,(H2,21,22,23). The molecule has 3 rings (SSSR count). The summed E-state index contributed by atoms with van der Waals surface area (Å²) in [7, 11) is -3.27. The number of fused-ring (bicyclic) bond motifs is 1. The number of nitrogens with one attached hydrogen (secondary N) is 3. The van der Waals surface area contributed by atoms with Crippen LogP contribution in [0, 0.1) is 12.8 Å². The van der Waals surface area contributed by atoms with Gasteiger partial charge in [-0.15, -0.1) is 0 Å². The van der Waals surface area contributed by atoms with Gasteiger partial charge in [0.2, 0.25) is 10.0 Å². The van der Waals surface area contributed by atoms with E-state index < -0.39 is 10.0 Å². The average molecular weight is 407 g/mol. The second kappa shape index (κ2) is 9.43. The van der Waals surface area contributed by atoms with Gasteiger partial charge < -0.3 is 15.1 Å². The maximum atomic E-state index is 12.1. The molecule has 1 aliphatic carbocycles. The quantitative estimate of drug-likeness (QED) is 0.439. The summed E-state index contributed by atoms with van der Waals surface area (Å²) >= 11 is 0. The average Bonchev–Trinajstić information content (AvgIpc) is 2.94. The first-order valence-corrected chi connectivity index (χ1v) is 11.6. The molecule has 154 valence electrons. The van der Waals surface area contributed by atoms with Crippen molar-refractivity contribution in [3.63, 3.8) is 0 Å². The first-order valence-electron chi connectivity index (χ1n) is 9.95. The monoisotopic (exact) mass is 406 g/mol. The Morgan fingerprint density at radius 2 is 2.04 bits per heavy atom. The van der Waals surface area contributed by atoms with Gasteiger partial charge in [0, 0.05) is 30.6 Å². The molecule has 0 bridgehead atoms. The zero-order valence-electron chi connectivity index (χ0n) is 16.6. The number of hydrogen-bond donors (Lipinski definition) is 3. The maximum Gasteiger partial charge on any atom is 0.213 e. The number of sulfonamides is 1. The fourth-order valence-corrected chi connectivity index (χ4v) is 4.19. The van der Waals surface area contributed by atoms with Gasteiger partial charge in [-0.3, -0.25) is 0 Å². The van der Waals surface area contributed by atoms with E-state index in [-0.39, 0.29) is 5.75 Å². The third-order valence-corrected chi connectivity index (χ3v) is 6.50. The molecule has 1 aromatic heterocycles. The normalized spacial score (nSPS) is 15.6. The molecular weight excluding hydrogens is 376 g/mol. The number of guanidine groups is 1. The predicted molar refractivity (Wildman–Crippen MR) is 113 cm³/mol. The molecule has 3 N–H and O–H groups in total. The van der Waals surface area contributed by atoms with Gasteiger partial charge in [0.25, 0.3) is 0 Å². The SMILES string of the molecule is CCNC(=NCc1oc2ccccc2c1C)NCCS(=O)(=O)NCC1CCC1. The topological polar surface area (TPSA) is 95.7 Å². The van der Waals surface area contributed by atoms with Crippen LogP contribution in [-0.2, 0) is 16.6 Å². The second-order valence-electron chi connectivity index (χ2n) is 7.23. The molecule has 1 aromatic carbocycles. The zero-order valence-corrected chi connectivity index (χ0v) is 17.4. The van der Waals surface area contributed by atoms with Gasteiger partial charge in [-0.2, -0.15) is 0 Å². The summed E-state index contributed by atoms with van der Waals surface area (Å²) in [5.41, 5.74) is 1.93. The number of aliphatic imine (C=N–C) groups is 1. The maximum absolute atomic E-state index is 12.1. The van der Waals surface area contributed by atoms with Gasteiger partial charge >= 0.3 is 0 Å². The lowest BCUT2D eigenvalue weighted by Crippen LogP contribution is -2.42. The van der Waals surface area contributed by atoms with Crippen LogP contribution in [0.25, 0.3) is 11.0 Å². The molecule has 1 fully saturated rings. The number of para-hydroxylation sites is 1. The van der Waals surface area contributed by atoms with Gasteiger partial charge in [0.15, 0.2) is 5.96 Å². The molecule has 1 aliphatic rings. The summed E-state index contributed by atoms with van der Waals surface area (Å²) in [6.07, 6.45) is 3.46. The number of rotatable bonds is 9. The van der Waals surface area contributed by atoms with Gasteiger partial charge in [0.05, 0.1) is 5.75 Å². The largest absolute Gasteiger partial charge is 0.459 e. The minimum absolute atomic E-state index is 0.0216. The Hall–Kier alpha value is -2.06. The van der Waals surface area contributed by atoms with Gasteiger partial charge in [-0.1, -0.05) is 24.6 Å². The van der Waals surface area contributed by atoms with E-state index >= 15 is 0 Å². The third kappa shape index (κ3) is 5.48. The number of aryl methyl sites for hydroxylation is 1. The highest BCUT2D eigenvalue weighted by Gasteiger charge is 2.20. The Labute approximate surface area is 167 Å². The Morgan fingerprint density at radius 3 is 2.71 bits per heavy atom. The lowest BCUT2D eigenvalue weighted by molar-refractivity contribution is 0.316. The number of benzene rings is 1. The molecule has 0 atom stereocenters. The second-order valence-corrected chi connectivity index (χ2v) is 9.16. The summed E-state index contributed by atoms with van der Waals surface area (Å²) < 4.78 is 32.8. The molecule has 7 nitrogen and oxygen atoms in total. The van der Waals surface area contributed by atoms with E-state index in [1.54, 1.807) is 0 Å². The van der Waals surface area contributed by atoms with Crippen molar-refractivity contribution < 1.29 is 12.8 Å². The summed E-state index contributed by atoms with van der Waals surface area (Å²) in [6.45, 7) is 5.94. The van der Waals surface area contributed by atoms with E-state index in [0.29, 0.717) is 38.1 Å². The predicted octanol–water partition coefficient (Wildman–Crippen LogP) is 2.52. The van der Waals surface area contributed by atoms with Crippen molar-refractivity contribution in [3.8, 4) is 0 Å². The molecule has 2 aromatic rings. The Kier molecular flexibility index (Phi) is 6.96. The van der Waals surface area contributed by atoms with Crippen molar-refractivity contribution in [1.29, 1.82) is 0 Å². The van der Waals surface area contributed by atoms with E-state index in [4.69, 9.17) is 4.42 Å². The lowest BCUT2D eigenvalue weighted by Gasteiger charge is -2.25. The third-order valence-electron chi connectivity index (χ3n) is 5.15. The Bertz CT molecular complexity index is 917. The van der Waals surface area contributed by atoms with Crippen molar-refractivity contribution in [3.05, 3.63) is 35.6 Å². The van der Waals surface area contributed by atoms with Crippen molar-refractivity contribution >= 4 is 27.0 Å². The van der Waals surface area contributed by atoms with Crippen molar-refractivity contribution in [1.82, 2.24) is 15.4 Å². The molecule has 0 unspecified atom stereocenters. The highest BCUT2D eigenvalue weighted by molar-refractivity contribution is 7.89. The van der Waals surface area contributed by atoms with Crippen LogP contribution in [0.2, 0.25) is 0 Å². The smallest absolute Gasteiger partial charge is 0.213 e. The van der Waals surface area contributed by atoms with Crippen LogP contribution >= 0.6 is 0 Å². The van der Waals surface area contributed by atoms with Gasteiger partial charge in [0.1, 0.15) is 17.9 Å². The van der Waals surface area contributed by atoms with Crippen LogP contribution in [0.3, 0.4) is 0 Å². The molecular formula is C20H30N4O3S. The molecule has 0 saturated heterocycles. The van der Waals surface area contributed by atoms with Crippen LogP contribution in [0.15, 0.2) is 33.7 Å².